The second-order valence-electron chi connectivity index (χ2n) is 4.17. The molecule has 1 aliphatic rings. The molecule has 0 radical (unpaired) electrons. The number of hydrogen-bond donors (Lipinski definition) is 1. The third kappa shape index (κ3) is 2.69. The molecule has 1 fully saturated rings. The topological polar surface area (TPSA) is 46.3 Å². The zero-order chi connectivity index (χ0) is 12.4. The van der Waals surface area contributed by atoms with Gasteiger partial charge < -0.3 is 10.6 Å². The van der Waals surface area contributed by atoms with Crippen LogP contribution < -0.4 is 5.73 Å². The van der Waals surface area contributed by atoms with Gasteiger partial charge in [-0.25, -0.2) is 0 Å². The predicted octanol–water partition coefficient (Wildman–Crippen LogP) is 2.50. The van der Waals surface area contributed by atoms with E-state index in [0.29, 0.717) is 22.3 Å². The molecule has 1 unspecified atom stereocenters. The van der Waals surface area contributed by atoms with E-state index < -0.39 is 0 Å². The standard InChI is InChI=1S/C12H15ClN2OS/c1-15(9-4-5-17-7-9)12(16)10-6-8(14)2-3-11(10)13/h2-3,6,9H,4-5,7,14H2,1H3. The van der Waals surface area contributed by atoms with E-state index in [1.54, 1.807) is 23.1 Å². The molecule has 1 atom stereocenters. The van der Waals surface area contributed by atoms with Crippen molar-refractivity contribution in [3.8, 4) is 0 Å². The highest BCUT2D eigenvalue weighted by molar-refractivity contribution is 7.99. The molecule has 0 saturated carbocycles. The molecular formula is C12H15ClN2OS. The third-order valence-corrected chi connectivity index (χ3v) is 4.47. The number of benzene rings is 1. The van der Waals surface area contributed by atoms with Crippen LogP contribution in [0.2, 0.25) is 5.02 Å². The van der Waals surface area contributed by atoms with Gasteiger partial charge in [0.05, 0.1) is 10.6 Å². The summed E-state index contributed by atoms with van der Waals surface area (Å²) in [4.78, 5) is 14.1. The molecule has 1 aromatic carbocycles. The minimum atomic E-state index is -0.0465. The summed E-state index contributed by atoms with van der Waals surface area (Å²) in [5, 5.41) is 0.460. The van der Waals surface area contributed by atoms with Gasteiger partial charge in [-0.1, -0.05) is 11.6 Å². The lowest BCUT2D eigenvalue weighted by Crippen LogP contribution is -2.37. The zero-order valence-corrected chi connectivity index (χ0v) is 11.2. The smallest absolute Gasteiger partial charge is 0.255 e. The molecule has 0 spiro atoms. The largest absolute Gasteiger partial charge is 0.399 e. The van der Waals surface area contributed by atoms with Crippen LogP contribution in [0.4, 0.5) is 5.69 Å². The van der Waals surface area contributed by atoms with Gasteiger partial charge >= 0.3 is 0 Å². The van der Waals surface area contributed by atoms with Crippen LogP contribution in [0, 0.1) is 0 Å². The molecule has 2 rings (SSSR count). The Morgan fingerprint density at radius 2 is 2.35 bits per heavy atom. The van der Waals surface area contributed by atoms with E-state index >= 15 is 0 Å². The molecule has 5 heteroatoms. The summed E-state index contributed by atoms with van der Waals surface area (Å²) < 4.78 is 0. The average molecular weight is 271 g/mol. The molecule has 1 aromatic rings. The van der Waals surface area contributed by atoms with Crippen molar-refractivity contribution in [2.45, 2.75) is 12.5 Å². The van der Waals surface area contributed by atoms with Gasteiger partial charge in [-0.3, -0.25) is 4.79 Å². The third-order valence-electron chi connectivity index (χ3n) is 2.99. The Kier molecular flexibility index (Phi) is 3.84. The molecule has 2 N–H and O–H groups in total. The van der Waals surface area contributed by atoms with Crippen LogP contribution in [0.3, 0.4) is 0 Å². The van der Waals surface area contributed by atoms with Crippen LogP contribution in [0.15, 0.2) is 18.2 Å². The maximum atomic E-state index is 12.3. The van der Waals surface area contributed by atoms with Crippen molar-refractivity contribution in [3.63, 3.8) is 0 Å². The molecule has 17 heavy (non-hydrogen) atoms. The highest BCUT2D eigenvalue weighted by atomic mass is 35.5. The predicted molar refractivity (Wildman–Crippen MR) is 73.7 cm³/mol. The number of halogens is 1. The first-order valence-electron chi connectivity index (χ1n) is 5.49. The van der Waals surface area contributed by atoms with Gasteiger partial charge in [0.1, 0.15) is 0 Å². The van der Waals surface area contributed by atoms with Crippen molar-refractivity contribution in [1.82, 2.24) is 4.90 Å². The van der Waals surface area contributed by atoms with Crippen LogP contribution in [0.5, 0.6) is 0 Å². The summed E-state index contributed by atoms with van der Waals surface area (Å²) in [6.45, 7) is 0. The highest BCUT2D eigenvalue weighted by Crippen LogP contribution is 2.25. The highest BCUT2D eigenvalue weighted by Gasteiger charge is 2.25. The number of carbonyl (C=O) groups excluding carboxylic acids is 1. The number of thioether (sulfide) groups is 1. The van der Waals surface area contributed by atoms with E-state index in [4.69, 9.17) is 17.3 Å². The van der Waals surface area contributed by atoms with Gasteiger partial charge in [-0.2, -0.15) is 11.8 Å². The Morgan fingerprint density at radius 3 is 3.00 bits per heavy atom. The molecule has 0 bridgehead atoms. The number of nitrogen functional groups attached to an aromatic ring is 1. The molecule has 0 aromatic heterocycles. The SMILES string of the molecule is CN(C(=O)c1cc(N)ccc1Cl)C1CCSC1. The number of rotatable bonds is 2. The van der Waals surface area contributed by atoms with E-state index in [1.165, 1.54) is 0 Å². The quantitative estimate of drug-likeness (QED) is 0.840. The second kappa shape index (κ2) is 5.19. The van der Waals surface area contributed by atoms with Crippen molar-refractivity contribution in [2.24, 2.45) is 0 Å². The van der Waals surface area contributed by atoms with Gasteiger partial charge in [0, 0.05) is 24.5 Å². The molecule has 92 valence electrons. The number of nitrogens with two attached hydrogens (primary N) is 1. The minimum Gasteiger partial charge on any atom is -0.399 e. The van der Waals surface area contributed by atoms with Crippen LogP contribution in [-0.2, 0) is 0 Å². The van der Waals surface area contributed by atoms with Crippen molar-refractivity contribution >= 4 is 35.0 Å². The number of anilines is 1. The number of carbonyl (C=O) groups is 1. The Labute approximate surface area is 110 Å². The van der Waals surface area contributed by atoms with Crippen molar-refractivity contribution in [2.75, 3.05) is 24.3 Å². The van der Waals surface area contributed by atoms with Crippen molar-refractivity contribution in [1.29, 1.82) is 0 Å². The van der Waals surface area contributed by atoms with Gasteiger partial charge in [-0.05, 0) is 30.4 Å². The van der Waals surface area contributed by atoms with Crippen LogP contribution in [0.25, 0.3) is 0 Å². The normalized spacial score (nSPS) is 19.3. The van der Waals surface area contributed by atoms with Gasteiger partial charge in [-0.15, -0.1) is 0 Å². The average Bonchev–Trinajstić information content (AvgIpc) is 2.84. The summed E-state index contributed by atoms with van der Waals surface area (Å²) in [6, 6.07) is 5.32. The van der Waals surface area contributed by atoms with Gasteiger partial charge in [0.25, 0.3) is 5.91 Å². The van der Waals surface area contributed by atoms with Gasteiger partial charge in [0.2, 0.25) is 0 Å². The fraction of sp³-hybridized carbons (Fsp3) is 0.417. The number of hydrogen-bond acceptors (Lipinski definition) is 3. The molecule has 0 aliphatic carbocycles. The molecule has 1 heterocycles. The van der Waals surface area contributed by atoms with Crippen LogP contribution in [-0.4, -0.2) is 35.4 Å². The first kappa shape index (κ1) is 12.6. The molecule has 1 saturated heterocycles. The van der Waals surface area contributed by atoms with Crippen LogP contribution in [0.1, 0.15) is 16.8 Å². The minimum absolute atomic E-state index is 0.0465. The summed E-state index contributed by atoms with van der Waals surface area (Å²) in [7, 11) is 1.83. The number of amides is 1. The Bertz CT molecular complexity index is 433. The van der Waals surface area contributed by atoms with E-state index in [-0.39, 0.29) is 5.91 Å². The first-order valence-corrected chi connectivity index (χ1v) is 7.03. The van der Waals surface area contributed by atoms with Crippen molar-refractivity contribution < 1.29 is 4.79 Å². The fourth-order valence-electron chi connectivity index (χ4n) is 1.89. The second-order valence-corrected chi connectivity index (χ2v) is 5.73. The summed E-state index contributed by atoms with van der Waals surface area (Å²) in [5.74, 6) is 2.07. The lowest BCUT2D eigenvalue weighted by molar-refractivity contribution is 0.0748. The maximum Gasteiger partial charge on any atom is 0.255 e. The lowest BCUT2D eigenvalue weighted by atomic mass is 10.1. The van der Waals surface area contributed by atoms with Crippen molar-refractivity contribution in [3.05, 3.63) is 28.8 Å². The van der Waals surface area contributed by atoms with E-state index in [2.05, 4.69) is 0 Å². The van der Waals surface area contributed by atoms with E-state index in [0.717, 1.165) is 17.9 Å². The monoisotopic (exact) mass is 270 g/mol. The summed E-state index contributed by atoms with van der Waals surface area (Å²) in [5.41, 5.74) is 6.74. The molecular weight excluding hydrogens is 256 g/mol. The molecule has 1 amide bonds. The summed E-state index contributed by atoms with van der Waals surface area (Å²) in [6.07, 6.45) is 1.05. The first-order chi connectivity index (χ1) is 8.09. The molecule has 1 aliphatic heterocycles. The van der Waals surface area contributed by atoms with E-state index in [1.807, 2.05) is 18.8 Å². The zero-order valence-electron chi connectivity index (χ0n) is 9.65. The van der Waals surface area contributed by atoms with Crippen LogP contribution >= 0.6 is 23.4 Å². The Hall–Kier alpha value is -0.870. The summed E-state index contributed by atoms with van der Waals surface area (Å²) >= 11 is 7.91. The molecule has 3 nitrogen and oxygen atoms in total. The van der Waals surface area contributed by atoms with E-state index in [9.17, 15) is 4.79 Å². The maximum absolute atomic E-state index is 12.3. The number of nitrogens with zero attached hydrogens (tertiary/aromatic N) is 1. The van der Waals surface area contributed by atoms with Gasteiger partial charge in [0.15, 0.2) is 0 Å². The Balaban J connectivity index is 2.20. The fourth-order valence-corrected chi connectivity index (χ4v) is 3.36. The Morgan fingerprint density at radius 1 is 1.59 bits per heavy atom. The lowest BCUT2D eigenvalue weighted by Gasteiger charge is -2.24.